The molecule has 0 spiro atoms. The first-order valence-corrected chi connectivity index (χ1v) is 6.79. The first kappa shape index (κ1) is 14.8. The summed E-state index contributed by atoms with van der Waals surface area (Å²) in [6.07, 6.45) is 2.40. The molecule has 8 nitrogen and oxygen atoms in total. The third-order valence-electron chi connectivity index (χ3n) is 2.06. The maximum atomic E-state index is 12.0. The van der Waals surface area contributed by atoms with Crippen molar-refractivity contribution < 1.29 is 8.42 Å². The predicted octanol–water partition coefficient (Wildman–Crippen LogP) is -1.01. The second-order valence-corrected chi connectivity index (χ2v) is 5.89. The molecule has 0 radical (unpaired) electrons. The molecule has 0 saturated carbocycles. The molecule has 0 aliphatic rings. The molecule has 102 valence electrons. The second kappa shape index (κ2) is 6.05. The maximum absolute atomic E-state index is 12.0. The van der Waals surface area contributed by atoms with Gasteiger partial charge in [0.2, 0.25) is 16.0 Å². The summed E-state index contributed by atoms with van der Waals surface area (Å²) in [5, 5.41) is 0. The van der Waals surface area contributed by atoms with Crippen molar-refractivity contribution in [1.82, 2.24) is 19.6 Å². The smallest absolute Gasteiger partial charge is 0.243 e. The lowest BCUT2D eigenvalue weighted by atomic mass is 10.3. The Morgan fingerprint density at radius 2 is 1.94 bits per heavy atom. The number of hydrogen-bond acceptors (Lipinski definition) is 7. The number of nitrogens with one attached hydrogen (secondary N) is 2. The van der Waals surface area contributed by atoms with E-state index >= 15 is 0 Å². The molecule has 0 fully saturated rings. The monoisotopic (exact) mass is 274 g/mol. The fourth-order valence-corrected chi connectivity index (χ4v) is 2.57. The highest BCUT2D eigenvalue weighted by Crippen LogP contribution is 2.07. The van der Waals surface area contributed by atoms with Gasteiger partial charge in [0.1, 0.15) is 4.90 Å². The largest absolute Gasteiger partial charge is 0.308 e. The van der Waals surface area contributed by atoms with Crippen LogP contribution in [0.2, 0.25) is 0 Å². The number of nitrogens with two attached hydrogens (primary N) is 1. The molecule has 1 heterocycles. The number of aromatic nitrogens is 2. The molecule has 1 rings (SSSR count). The summed E-state index contributed by atoms with van der Waals surface area (Å²) < 4.78 is 26.5. The highest BCUT2D eigenvalue weighted by molar-refractivity contribution is 7.89. The van der Waals surface area contributed by atoms with Gasteiger partial charge >= 0.3 is 0 Å². The molecule has 1 aromatic heterocycles. The van der Waals surface area contributed by atoms with E-state index in [1.807, 2.05) is 19.0 Å². The van der Waals surface area contributed by atoms with E-state index in [0.717, 1.165) is 0 Å². The summed E-state index contributed by atoms with van der Waals surface area (Å²) in [4.78, 5) is 9.41. The lowest BCUT2D eigenvalue weighted by molar-refractivity contribution is 0.370. The van der Waals surface area contributed by atoms with E-state index in [9.17, 15) is 8.42 Å². The molecule has 0 aromatic carbocycles. The normalized spacial score (nSPS) is 13.6. The Labute approximate surface area is 107 Å². The van der Waals surface area contributed by atoms with Gasteiger partial charge < -0.3 is 4.90 Å². The molecule has 1 atom stereocenters. The summed E-state index contributed by atoms with van der Waals surface area (Å²) in [7, 11) is 0.141. The van der Waals surface area contributed by atoms with E-state index in [2.05, 4.69) is 20.1 Å². The van der Waals surface area contributed by atoms with Crippen molar-refractivity contribution >= 4 is 16.0 Å². The number of sulfonamides is 1. The van der Waals surface area contributed by atoms with Crippen LogP contribution in [0, 0.1) is 0 Å². The molecule has 1 aromatic rings. The topological polar surface area (TPSA) is 113 Å². The zero-order chi connectivity index (χ0) is 13.8. The van der Waals surface area contributed by atoms with Gasteiger partial charge in [0, 0.05) is 12.6 Å². The van der Waals surface area contributed by atoms with Crippen LogP contribution >= 0.6 is 0 Å². The lowest BCUT2D eigenvalue weighted by Gasteiger charge is -2.18. The maximum Gasteiger partial charge on any atom is 0.243 e. The first-order valence-electron chi connectivity index (χ1n) is 5.31. The number of hydrazine groups is 1. The van der Waals surface area contributed by atoms with E-state index in [1.165, 1.54) is 12.4 Å². The molecule has 9 heteroatoms. The van der Waals surface area contributed by atoms with E-state index < -0.39 is 10.0 Å². The minimum atomic E-state index is -3.60. The Kier molecular flexibility index (Phi) is 4.96. The SMILES string of the molecule is CC(CN(C)C)NS(=O)(=O)c1cnc(NN)nc1. The van der Waals surface area contributed by atoms with Gasteiger partial charge in [0.15, 0.2) is 0 Å². The van der Waals surface area contributed by atoms with E-state index in [0.29, 0.717) is 6.54 Å². The zero-order valence-corrected chi connectivity index (χ0v) is 11.4. The average Bonchev–Trinajstić information content (AvgIpc) is 2.27. The van der Waals surface area contributed by atoms with Crippen LogP contribution < -0.4 is 16.0 Å². The Hall–Kier alpha value is -1.29. The van der Waals surface area contributed by atoms with Crippen molar-refractivity contribution in [2.24, 2.45) is 5.84 Å². The lowest BCUT2D eigenvalue weighted by Crippen LogP contribution is -2.39. The van der Waals surface area contributed by atoms with Crippen LogP contribution in [-0.2, 0) is 10.0 Å². The molecule has 1 unspecified atom stereocenters. The second-order valence-electron chi connectivity index (χ2n) is 4.17. The summed E-state index contributed by atoms with van der Waals surface area (Å²) in [5.41, 5.74) is 2.23. The molecule has 4 N–H and O–H groups in total. The van der Waals surface area contributed by atoms with Gasteiger partial charge in [-0.15, -0.1) is 0 Å². The molecular weight excluding hydrogens is 256 g/mol. The van der Waals surface area contributed by atoms with E-state index in [4.69, 9.17) is 5.84 Å². The minimum Gasteiger partial charge on any atom is -0.308 e. The van der Waals surface area contributed by atoms with Gasteiger partial charge in [-0.1, -0.05) is 0 Å². The van der Waals surface area contributed by atoms with Gasteiger partial charge in [-0.3, -0.25) is 5.43 Å². The molecule has 0 aliphatic carbocycles. The number of rotatable bonds is 6. The minimum absolute atomic E-state index is 0.00658. The van der Waals surface area contributed by atoms with Gasteiger partial charge in [0.05, 0.1) is 12.4 Å². The van der Waals surface area contributed by atoms with Crippen molar-refractivity contribution in [3.63, 3.8) is 0 Å². The third-order valence-corrected chi connectivity index (χ3v) is 3.61. The van der Waals surface area contributed by atoms with Crippen LogP contribution in [0.4, 0.5) is 5.95 Å². The average molecular weight is 274 g/mol. The number of anilines is 1. The standard InChI is InChI=1S/C9H18N6O2S/c1-7(6-15(2)3)14-18(16,17)8-4-11-9(13-10)12-5-8/h4-5,7,14H,6,10H2,1-3H3,(H,11,12,13). The Morgan fingerprint density at radius 1 is 1.39 bits per heavy atom. The summed E-state index contributed by atoms with van der Waals surface area (Å²) in [6, 6.07) is -0.211. The first-order chi connectivity index (χ1) is 8.35. The van der Waals surface area contributed by atoms with Gasteiger partial charge in [-0.2, -0.15) is 0 Å². The summed E-state index contributed by atoms with van der Waals surface area (Å²) in [6.45, 7) is 2.39. The number of nitrogens with zero attached hydrogens (tertiary/aromatic N) is 3. The van der Waals surface area contributed by atoms with Crippen LogP contribution in [-0.4, -0.2) is 50.0 Å². The fourth-order valence-electron chi connectivity index (χ4n) is 1.45. The Bertz CT molecular complexity index is 472. The molecular formula is C9H18N6O2S. The summed E-state index contributed by atoms with van der Waals surface area (Å²) >= 11 is 0. The molecule has 0 bridgehead atoms. The zero-order valence-electron chi connectivity index (χ0n) is 10.6. The predicted molar refractivity (Wildman–Crippen MR) is 68.2 cm³/mol. The van der Waals surface area contributed by atoms with Crippen molar-refractivity contribution in [1.29, 1.82) is 0 Å². The van der Waals surface area contributed by atoms with Gasteiger partial charge in [-0.05, 0) is 21.0 Å². The third kappa shape index (κ3) is 4.18. The molecule has 0 aliphatic heterocycles. The Balaban J connectivity index is 2.79. The number of likely N-dealkylation sites (N-methyl/N-ethyl adjacent to an activating group) is 1. The van der Waals surface area contributed by atoms with Gasteiger partial charge in [-0.25, -0.2) is 29.0 Å². The van der Waals surface area contributed by atoms with Crippen LogP contribution in [0.15, 0.2) is 17.3 Å². The summed E-state index contributed by atoms with van der Waals surface area (Å²) in [5.74, 6) is 5.26. The van der Waals surface area contributed by atoms with Crippen molar-refractivity contribution in [2.45, 2.75) is 17.9 Å². The highest BCUT2D eigenvalue weighted by Gasteiger charge is 2.18. The van der Waals surface area contributed by atoms with Crippen LogP contribution in [0.5, 0.6) is 0 Å². The van der Waals surface area contributed by atoms with Crippen LogP contribution in [0.3, 0.4) is 0 Å². The van der Waals surface area contributed by atoms with Crippen LogP contribution in [0.1, 0.15) is 6.92 Å². The number of nitrogen functional groups attached to an aromatic ring is 1. The Morgan fingerprint density at radius 3 is 2.39 bits per heavy atom. The van der Waals surface area contributed by atoms with E-state index in [-0.39, 0.29) is 16.9 Å². The number of hydrogen-bond donors (Lipinski definition) is 3. The molecule has 0 saturated heterocycles. The van der Waals surface area contributed by atoms with Crippen molar-refractivity contribution in [3.8, 4) is 0 Å². The van der Waals surface area contributed by atoms with E-state index in [1.54, 1.807) is 6.92 Å². The fraction of sp³-hybridized carbons (Fsp3) is 0.556. The van der Waals surface area contributed by atoms with Gasteiger partial charge in [0.25, 0.3) is 0 Å². The van der Waals surface area contributed by atoms with Crippen molar-refractivity contribution in [2.75, 3.05) is 26.1 Å². The van der Waals surface area contributed by atoms with Crippen LogP contribution in [0.25, 0.3) is 0 Å². The molecule has 18 heavy (non-hydrogen) atoms. The highest BCUT2D eigenvalue weighted by atomic mass is 32.2. The van der Waals surface area contributed by atoms with Crippen molar-refractivity contribution in [3.05, 3.63) is 12.4 Å². The molecule has 0 amide bonds. The quantitative estimate of drug-likeness (QED) is 0.450.